The Morgan fingerprint density at radius 1 is 1.18 bits per heavy atom. The van der Waals surface area contributed by atoms with Gasteiger partial charge in [-0.2, -0.15) is 0 Å². The van der Waals surface area contributed by atoms with Crippen molar-refractivity contribution in [2.45, 2.75) is 20.1 Å². The Labute approximate surface area is 147 Å². The van der Waals surface area contributed by atoms with Crippen LogP contribution in [0.5, 0.6) is 5.75 Å². The molecule has 1 N–H and O–H groups in total. The van der Waals surface area contributed by atoms with Gasteiger partial charge in [-0.15, -0.1) is 19.0 Å². The molecule has 0 heterocycles. The van der Waals surface area contributed by atoms with E-state index in [1.54, 1.807) is 0 Å². The fourth-order valence-electron chi connectivity index (χ4n) is 1.98. The zero-order valence-corrected chi connectivity index (χ0v) is 15.0. The van der Waals surface area contributed by atoms with Crippen LogP contribution in [0.1, 0.15) is 16.7 Å². The van der Waals surface area contributed by atoms with E-state index in [4.69, 9.17) is 4.74 Å². The minimum atomic E-state index is 0. The van der Waals surface area contributed by atoms with Crippen LogP contribution in [-0.2, 0) is 13.2 Å². The number of halogens is 2. The van der Waals surface area contributed by atoms with E-state index in [-0.39, 0.29) is 12.4 Å². The molecule has 0 amide bonds. The Kier molecular flexibility index (Phi) is 8.25. The first-order chi connectivity index (χ1) is 10.2. The van der Waals surface area contributed by atoms with E-state index in [1.807, 2.05) is 18.2 Å². The van der Waals surface area contributed by atoms with Crippen molar-refractivity contribution in [1.29, 1.82) is 0 Å². The molecular weight excluding hydrogens is 362 g/mol. The van der Waals surface area contributed by atoms with Crippen molar-refractivity contribution in [3.05, 3.63) is 76.3 Å². The molecular formula is C18H21BrClNO. The second-order valence-electron chi connectivity index (χ2n) is 4.95. The topological polar surface area (TPSA) is 21.3 Å². The van der Waals surface area contributed by atoms with Gasteiger partial charge < -0.3 is 10.1 Å². The number of nitrogens with one attached hydrogen (secondary N) is 1. The Morgan fingerprint density at radius 2 is 1.91 bits per heavy atom. The highest BCUT2D eigenvalue weighted by atomic mass is 79.9. The van der Waals surface area contributed by atoms with Gasteiger partial charge in [-0.3, -0.25) is 0 Å². The molecule has 2 nitrogen and oxygen atoms in total. The maximum atomic E-state index is 5.96. The van der Waals surface area contributed by atoms with Gasteiger partial charge in [0.05, 0.1) is 0 Å². The summed E-state index contributed by atoms with van der Waals surface area (Å²) in [5, 5.41) is 3.31. The maximum Gasteiger partial charge on any atom is 0.124 e. The molecule has 0 aliphatic heterocycles. The number of rotatable bonds is 7. The van der Waals surface area contributed by atoms with E-state index in [2.05, 4.69) is 65.1 Å². The smallest absolute Gasteiger partial charge is 0.124 e. The molecule has 2 aromatic rings. The molecule has 0 bridgehead atoms. The molecule has 0 atom stereocenters. The van der Waals surface area contributed by atoms with E-state index in [1.165, 1.54) is 11.1 Å². The summed E-state index contributed by atoms with van der Waals surface area (Å²) < 4.78 is 7.02. The highest BCUT2D eigenvalue weighted by Crippen LogP contribution is 2.24. The summed E-state index contributed by atoms with van der Waals surface area (Å²) in [4.78, 5) is 0. The first kappa shape index (κ1) is 18.8. The van der Waals surface area contributed by atoms with Gasteiger partial charge in [0, 0.05) is 23.1 Å². The lowest BCUT2D eigenvalue weighted by Crippen LogP contribution is -2.13. The summed E-state index contributed by atoms with van der Waals surface area (Å²) >= 11 is 3.51. The lowest BCUT2D eigenvalue weighted by atomic mass is 10.1. The molecule has 4 heteroatoms. The van der Waals surface area contributed by atoms with Crippen LogP contribution in [0, 0.1) is 6.92 Å². The Balaban J connectivity index is 0.00000242. The summed E-state index contributed by atoms with van der Waals surface area (Å²) in [6, 6.07) is 14.5. The summed E-state index contributed by atoms with van der Waals surface area (Å²) in [7, 11) is 0. The molecule has 0 aliphatic carbocycles. The average Bonchev–Trinajstić information content (AvgIpc) is 2.48. The molecule has 2 rings (SSSR count). The normalized spacial score (nSPS) is 9.91. The summed E-state index contributed by atoms with van der Waals surface area (Å²) in [6.07, 6.45) is 1.85. The van der Waals surface area contributed by atoms with Crippen LogP contribution in [0.15, 0.2) is 59.6 Å². The Bertz CT molecular complexity index is 599. The van der Waals surface area contributed by atoms with Gasteiger partial charge in [0.1, 0.15) is 12.4 Å². The fraction of sp³-hybridized carbons (Fsp3) is 0.222. The first-order valence-corrected chi connectivity index (χ1v) is 7.76. The number of ether oxygens (including phenoxy) is 1. The third-order valence-corrected chi connectivity index (χ3v) is 3.63. The van der Waals surface area contributed by atoms with Gasteiger partial charge in [-0.05, 0) is 30.7 Å². The maximum absolute atomic E-state index is 5.96. The third-order valence-electron chi connectivity index (χ3n) is 3.14. The van der Waals surface area contributed by atoms with Crippen LogP contribution in [0.2, 0.25) is 0 Å². The summed E-state index contributed by atoms with van der Waals surface area (Å²) in [5.41, 5.74) is 3.57. The second-order valence-corrected chi connectivity index (χ2v) is 5.86. The number of hydrogen-bond acceptors (Lipinski definition) is 2. The quantitative estimate of drug-likeness (QED) is 0.535. The van der Waals surface area contributed by atoms with Crippen molar-refractivity contribution in [3.63, 3.8) is 0 Å². The lowest BCUT2D eigenvalue weighted by Gasteiger charge is -2.12. The third kappa shape index (κ3) is 5.84. The molecule has 0 radical (unpaired) electrons. The van der Waals surface area contributed by atoms with E-state index in [0.717, 1.165) is 28.9 Å². The fourth-order valence-corrected chi connectivity index (χ4v) is 2.39. The van der Waals surface area contributed by atoms with E-state index >= 15 is 0 Å². The predicted molar refractivity (Wildman–Crippen MR) is 98.8 cm³/mol. The molecule has 0 saturated heterocycles. The predicted octanol–water partition coefficient (Wildman–Crippen LogP) is 5.03. The zero-order chi connectivity index (χ0) is 15.1. The molecule has 22 heavy (non-hydrogen) atoms. The van der Waals surface area contributed by atoms with E-state index in [9.17, 15) is 0 Å². The molecule has 0 spiro atoms. The van der Waals surface area contributed by atoms with Crippen LogP contribution in [0.4, 0.5) is 0 Å². The SMILES string of the molecule is C=CCNCc1cc(Br)ccc1OCc1ccc(C)cc1.Cl. The van der Waals surface area contributed by atoms with Crippen molar-refractivity contribution in [3.8, 4) is 5.75 Å². The van der Waals surface area contributed by atoms with Crippen LogP contribution in [-0.4, -0.2) is 6.54 Å². The standard InChI is InChI=1S/C18H20BrNO.ClH/c1-3-10-20-12-16-11-17(19)8-9-18(16)21-13-15-6-4-14(2)5-7-15;/h3-9,11,20H,1,10,12-13H2,2H3;1H. The van der Waals surface area contributed by atoms with Crippen molar-refractivity contribution in [2.75, 3.05) is 6.54 Å². The van der Waals surface area contributed by atoms with Gasteiger partial charge in [-0.1, -0.05) is 51.8 Å². The minimum absolute atomic E-state index is 0. The van der Waals surface area contributed by atoms with E-state index in [0.29, 0.717) is 6.61 Å². The average molecular weight is 383 g/mol. The number of benzene rings is 2. The monoisotopic (exact) mass is 381 g/mol. The van der Waals surface area contributed by atoms with Crippen LogP contribution >= 0.6 is 28.3 Å². The first-order valence-electron chi connectivity index (χ1n) is 6.97. The van der Waals surface area contributed by atoms with Crippen molar-refractivity contribution < 1.29 is 4.74 Å². The molecule has 2 aromatic carbocycles. The van der Waals surface area contributed by atoms with Crippen molar-refractivity contribution in [2.24, 2.45) is 0 Å². The minimum Gasteiger partial charge on any atom is -0.489 e. The highest BCUT2D eigenvalue weighted by Gasteiger charge is 2.05. The van der Waals surface area contributed by atoms with Gasteiger partial charge >= 0.3 is 0 Å². The van der Waals surface area contributed by atoms with Gasteiger partial charge in [0.25, 0.3) is 0 Å². The number of aryl methyl sites for hydroxylation is 1. The summed E-state index contributed by atoms with van der Waals surface area (Å²) in [6.45, 7) is 7.92. The largest absolute Gasteiger partial charge is 0.489 e. The van der Waals surface area contributed by atoms with Crippen LogP contribution in [0.3, 0.4) is 0 Å². The van der Waals surface area contributed by atoms with Crippen LogP contribution in [0.25, 0.3) is 0 Å². The highest BCUT2D eigenvalue weighted by molar-refractivity contribution is 9.10. The summed E-state index contributed by atoms with van der Waals surface area (Å²) in [5.74, 6) is 0.912. The lowest BCUT2D eigenvalue weighted by molar-refractivity contribution is 0.302. The molecule has 0 fully saturated rings. The Hall–Kier alpha value is -1.29. The van der Waals surface area contributed by atoms with Crippen LogP contribution < -0.4 is 10.1 Å². The molecule has 0 aliphatic rings. The van der Waals surface area contributed by atoms with Crippen molar-refractivity contribution >= 4 is 28.3 Å². The second kappa shape index (κ2) is 9.67. The molecule has 0 saturated carbocycles. The van der Waals surface area contributed by atoms with Gasteiger partial charge in [-0.25, -0.2) is 0 Å². The van der Waals surface area contributed by atoms with E-state index < -0.39 is 0 Å². The van der Waals surface area contributed by atoms with Gasteiger partial charge in [0.2, 0.25) is 0 Å². The Morgan fingerprint density at radius 3 is 2.59 bits per heavy atom. The molecule has 118 valence electrons. The molecule has 0 unspecified atom stereocenters. The molecule has 0 aromatic heterocycles. The zero-order valence-electron chi connectivity index (χ0n) is 12.6. The van der Waals surface area contributed by atoms with Gasteiger partial charge in [0.15, 0.2) is 0 Å². The van der Waals surface area contributed by atoms with Crippen molar-refractivity contribution in [1.82, 2.24) is 5.32 Å². The number of hydrogen-bond donors (Lipinski definition) is 1.